The van der Waals surface area contributed by atoms with E-state index < -0.39 is 0 Å². The van der Waals surface area contributed by atoms with Gasteiger partial charge in [0.2, 0.25) is 5.91 Å². The molecule has 0 aromatic carbocycles. The Morgan fingerprint density at radius 3 is 2.85 bits per heavy atom. The van der Waals surface area contributed by atoms with Crippen LogP contribution in [0.4, 0.5) is 0 Å². The standard InChI is InChI=1S/C14H24N4O2/c1-11(12(2)18-7-3-6-16-18)15-10-14(19)17-13-4-8-20-9-5-13/h3,6-7,11-13,15H,4-5,8-10H2,1-2H3,(H,17,19). The van der Waals surface area contributed by atoms with Gasteiger partial charge < -0.3 is 15.4 Å². The Kier molecular flexibility index (Phi) is 5.55. The highest BCUT2D eigenvalue weighted by molar-refractivity contribution is 5.78. The molecular formula is C14H24N4O2. The second kappa shape index (κ2) is 7.40. The second-order valence-electron chi connectivity index (χ2n) is 5.35. The highest BCUT2D eigenvalue weighted by Gasteiger charge is 2.18. The van der Waals surface area contributed by atoms with Gasteiger partial charge in [0, 0.05) is 37.7 Å². The summed E-state index contributed by atoms with van der Waals surface area (Å²) < 4.78 is 7.17. The monoisotopic (exact) mass is 280 g/mol. The summed E-state index contributed by atoms with van der Waals surface area (Å²) in [6, 6.07) is 2.55. The van der Waals surface area contributed by atoms with E-state index in [1.807, 2.05) is 16.9 Å². The van der Waals surface area contributed by atoms with Crippen LogP contribution in [-0.4, -0.2) is 47.5 Å². The third-order valence-electron chi connectivity index (χ3n) is 3.84. The maximum absolute atomic E-state index is 11.9. The molecule has 6 heteroatoms. The third kappa shape index (κ3) is 4.31. The van der Waals surface area contributed by atoms with Gasteiger partial charge in [0.05, 0.1) is 12.6 Å². The van der Waals surface area contributed by atoms with Crippen molar-refractivity contribution in [2.75, 3.05) is 19.8 Å². The predicted molar refractivity (Wildman–Crippen MR) is 76.4 cm³/mol. The largest absolute Gasteiger partial charge is 0.381 e. The lowest BCUT2D eigenvalue weighted by molar-refractivity contribution is -0.121. The SMILES string of the molecule is CC(NCC(=O)NC1CCOCC1)C(C)n1cccn1. The molecule has 20 heavy (non-hydrogen) atoms. The molecule has 1 saturated heterocycles. The van der Waals surface area contributed by atoms with Gasteiger partial charge in [-0.25, -0.2) is 0 Å². The molecule has 2 heterocycles. The molecular weight excluding hydrogens is 256 g/mol. The number of amides is 1. The van der Waals surface area contributed by atoms with Crippen LogP contribution in [0.15, 0.2) is 18.5 Å². The first-order valence-corrected chi connectivity index (χ1v) is 7.26. The molecule has 1 aromatic heterocycles. The van der Waals surface area contributed by atoms with Crippen molar-refractivity contribution in [3.05, 3.63) is 18.5 Å². The molecule has 2 N–H and O–H groups in total. The lowest BCUT2D eigenvalue weighted by atomic mass is 10.1. The Labute approximate surface area is 119 Å². The first-order chi connectivity index (χ1) is 9.66. The molecule has 112 valence electrons. The van der Waals surface area contributed by atoms with Crippen molar-refractivity contribution >= 4 is 5.91 Å². The molecule has 0 saturated carbocycles. The van der Waals surface area contributed by atoms with Crippen molar-refractivity contribution in [2.24, 2.45) is 0 Å². The van der Waals surface area contributed by atoms with Gasteiger partial charge in [-0.1, -0.05) is 0 Å². The average Bonchev–Trinajstić information content (AvgIpc) is 2.99. The Bertz CT molecular complexity index is 401. The van der Waals surface area contributed by atoms with E-state index in [0.29, 0.717) is 6.54 Å². The topological polar surface area (TPSA) is 68.2 Å². The lowest BCUT2D eigenvalue weighted by Crippen LogP contribution is -2.45. The van der Waals surface area contributed by atoms with Gasteiger partial charge in [-0.05, 0) is 32.8 Å². The van der Waals surface area contributed by atoms with Gasteiger partial charge in [0.1, 0.15) is 0 Å². The number of aromatic nitrogens is 2. The van der Waals surface area contributed by atoms with Crippen LogP contribution in [0.1, 0.15) is 32.7 Å². The summed E-state index contributed by atoms with van der Waals surface area (Å²) >= 11 is 0. The van der Waals surface area contributed by atoms with E-state index in [1.165, 1.54) is 0 Å². The van der Waals surface area contributed by atoms with Gasteiger partial charge in [-0.3, -0.25) is 9.48 Å². The smallest absolute Gasteiger partial charge is 0.234 e. The van der Waals surface area contributed by atoms with Crippen LogP contribution in [0.3, 0.4) is 0 Å². The quantitative estimate of drug-likeness (QED) is 0.805. The zero-order valence-corrected chi connectivity index (χ0v) is 12.2. The second-order valence-corrected chi connectivity index (χ2v) is 5.35. The molecule has 0 bridgehead atoms. The maximum Gasteiger partial charge on any atom is 0.234 e. The van der Waals surface area contributed by atoms with E-state index in [4.69, 9.17) is 4.74 Å². The molecule has 0 spiro atoms. The minimum atomic E-state index is 0.0522. The number of hydrogen-bond donors (Lipinski definition) is 2. The predicted octanol–water partition coefficient (Wildman–Crippen LogP) is 0.717. The minimum Gasteiger partial charge on any atom is -0.381 e. The van der Waals surface area contributed by atoms with Crippen molar-refractivity contribution in [1.29, 1.82) is 0 Å². The number of carbonyl (C=O) groups is 1. The number of rotatable bonds is 6. The van der Waals surface area contributed by atoms with Crippen LogP contribution in [0.2, 0.25) is 0 Å². The first-order valence-electron chi connectivity index (χ1n) is 7.26. The van der Waals surface area contributed by atoms with Gasteiger partial charge in [0.15, 0.2) is 0 Å². The molecule has 6 nitrogen and oxygen atoms in total. The van der Waals surface area contributed by atoms with Gasteiger partial charge >= 0.3 is 0 Å². The summed E-state index contributed by atoms with van der Waals surface area (Å²) in [5.41, 5.74) is 0. The molecule has 2 atom stereocenters. The molecule has 1 aliphatic heterocycles. The molecule has 1 aromatic rings. The van der Waals surface area contributed by atoms with Crippen molar-refractivity contribution in [3.8, 4) is 0 Å². The summed E-state index contributed by atoms with van der Waals surface area (Å²) in [5, 5.41) is 10.5. The molecule has 2 unspecified atom stereocenters. The van der Waals surface area contributed by atoms with Crippen molar-refractivity contribution in [2.45, 2.75) is 44.8 Å². The molecule has 0 radical (unpaired) electrons. The third-order valence-corrected chi connectivity index (χ3v) is 3.84. The average molecular weight is 280 g/mol. The van der Waals surface area contributed by atoms with Crippen molar-refractivity contribution < 1.29 is 9.53 Å². The van der Waals surface area contributed by atoms with Crippen molar-refractivity contribution in [1.82, 2.24) is 20.4 Å². The van der Waals surface area contributed by atoms with Crippen LogP contribution in [0.5, 0.6) is 0 Å². The Morgan fingerprint density at radius 2 is 2.20 bits per heavy atom. The Hall–Kier alpha value is -1.40. The fourth-order valence-electron chi connectivity index (χ4n) is 2.30. The molecule has 1 aliphatic rings. The summed E-state index contributed by atoms with van der Waals surface area (Å²) in [6.45, 7) is 5.97. The zero-order chi connectivity index (χ0) is 14.4. The number of ether oxygens (including phenoxy) is 1. The van der Waals surface area contributed by atoms with Gasteiger partial charge in [-0.15, -0.1) is 0 Å². The highest BCUT2D eigenvalue weighted by Crippen LogP contribution is 2.09. The number of carbonyl (C=O) groups excluding carboxylic acids is 1. The van der Waals surface area contributed by atoms with Crippen LogP contribution in [0, 0.1) is 0 Å². The van der Waals surface area contributed by atoms with Crippen LogP contribution >= 0.6 is 0 Å². The van der Waals surface area contributed by atoms with E-state index in [1.54, 1.807) is 6.20 Å². The van der Waals surface area contributed by atoms with Crippen LogP contribution in [-0.2, 0) is 9.53 Å². The van der Waals surface area contributed by atoms with E-state index >= 15 is 0 Å². The lowest BCUT2D eigenvalue weighted by Gasteiger charge is -2.25. The van der Waals surface area contributed by atoms with Gasteiger partial charge in [-0.2, -0.15) is 5.10 Å². The minimum absolute atomic E-state index is 0.0522. The molecule has 1 fully saturated rings. The summed E-state index contributed by atoms with van der Waals surface area (Å²) in [7, 11) is 0. The Morgan fingerprint density at radius 1 is 1.45 bits per heavy atom. The fraction of sp³-hybridized carbons (Fsp3) is 0.714. The van der Waals surface area contributed by atoms with Crippen LogP contribution < -0.4 is 10.6 Å². The Balaban J connectivity index is 1.69. The maximum atomic E-state index is 11.9. The summed E-state index contributed by atoms with van der Waals surface area (Å²) in [4.78, 5) is 11.9. The first kappa shape index (κ1) is 15.0. The van der Waals surface area contributed by atoms with Crippen LogP contribution in [0.25, 0.3) is 0 Å². The van der Waals surface area contributed by atoms with E-state index in [2.05, 4.69) is 29.6 Å². The summed E-state index contributed by atoms with van der Waals surface area (Å²) in [6.07, 6.45) is 5.52. The molecule has 2 rings (SSSR count). The van der Waals surface area contributed by atoms with E-state index in [0.717, 1.165) is 26.1 Å². The summed E-state index contributed by atoms with van der Waals surface area (Å²) in [5.74, 6) is 0.0522. The number of nitrogens with zero attached hydrogens (tertiary/aromatic N) is 2. The van der Waals surface area contributed by atoms with E-state index in [-0.39, 0.29) is 24.0 Å². The van der Waals surface area contributed by atoms with Gasteiger partial charge in [0.25, 0.3) is 0 Å². The normalized spacial score (nSPS) is 19.5. The zero-order valence-electron chi connectivity index (χ0n) is 12.2. The van der Waals surface area contributed by atoms with E-state index in [9.17, 15) is 4.79 Å². The molecule has 0 aliphatic carbocycles. The molecule has 1 amide bonds. The number of hydrogen-bond acceptors (Lipinski definition) is 4. The number of nitrogens with one attached hydrogen (secondary N) is 2. The fourth-order valence-corrected chi connectivity index (χ4v) is 2.30. The highest BCUT2D eigenvalue weighted by atomic mass is 16.5. The van der Waals surface area contributed by atoms with Crippen molar-refractivity contribution in [3.63, 3.8) is 0 Å².